The van der Waals surface area contributed by atoms with E-state index in [9.17, 15) is 4.79 Å². The van der Waals surface area contributed by atoms with Gasteiger partial charge in [0.2, 0.25) is 5.91 Å². The SMILES string of the molecule is O=C(CC(CC1CCCC1)c1ncc(-c2ccc(Br)cc2)s1)NO. The molecule has 1 aromatic heterocycles. The maximum absolute atomic E-state index is 11.7. The number of carbonyl (C=O) groups is 1. The van der Waals surface area contributed by atoms with E-state index in [1.54, 1.807) is 16.8 Å². The summed E-state index contributed by atoms with van der Waals surface area (Å²) in [6.45, 7) is 0. The molecule has 4 nitrogen and oxygen atoms in total. The maximum Gasteiger partial charge on any atom is 0.244 e. The summed E-state index contributed by atoms with van der Waals surface area (Å²) in [7, 11) is 0. The van der Waals surface area contributed by atoms with Crippen molar-refractivity contribution in [3.05, 3.63) is 39.9 Å². The average Bonchev–Trinajstić information content (AvgIpc) is 3.26. The third-order valence-electron chi connectivity index (χ3n) is 4.65. The van der Waals surface area contributed by atoms with Crippen LogP contribution in [0.1, 0.15) is 49.5 Å². The number of hydrogen-bond acceptors (Lipinski definition) is 4. The lowest BCUT2D eigenvalue weighted by atomic mass is 9.91. The molecule has 1 heterocycles. The number of thiazole rings is 1. The molecule has 0 saturated heterocycles. The molecule has 24 heavy (non-hydrogen) atoms. The first-order valence-electron chi connectivity index (χ1n) is 8.30. The molecule has 0 spiro atoms. The molecule has 3 rings (SSSR count). The first-order valence-corrected chi connectivity index (χ1v) is 9.91. The minimum atomic E-state index is -0.335. The van der Waals surface area contributed by atoms with Crippen LogP contribution in [0.2, 0.25) is 0 Å². The van der Waals surface area contributed by atoms with Crippen molar-refractivity contribution in [2.45, 2.75) is 44.4 Å². The average molecular weight is 409 g/mol. The number of hydrogen-bond donors (Lipinski definition) is 2. The zero-order valence-corrected chi connectivity index (χ0v) is 15.8. The molecule has 1 aliphatic carbocycles. The van der Waals surface area contributed by atoms with E-state index < -0.39 is 0 Å². The van der Waals surface area contributed by atoms with Crippen molar-refractivity contribution in [3.8, 4) is 10.4 Å². The van der Waals surface area contributed by atoms with Crippen LogP contribution >= 0.6 is 27.3 Å². The Balaban J connectivity index is 1.78. The number of aromatic nitrogens is 1. The van der Waals surface area contributed by atoms with E-state index in [1.165, 1.54) is 25.7 Å². The molecule has 1 atom stereocenters. The van der Waals surface area contributed by atoms with Crippen LogP contribution in [0.15, 0.2) is 34.9 Å². The smallest absolute Gasteiger partial charge is 0.244 e. The minimum Gasteiger partial charge on any atom is -0.289 e. The highest BCUT2D eigenvalue weighted by atomic mass is 79.9. The number of hydroxylamine groups is 1. The van der Waals surface area contributed by atoms with Gasteiger partial charge in [0.05, 0.1) is 9.88 Å². The number of nitrogens with zero attached hydrogens (tertiary/aromatic N) is 1. The number of benzene rings is 1. The van der Waals surface area contributed by atoms with E-state index >= 15 is 0 Å². The highest BCUT2D eigenvalue weighted by Crippen LogP contribution is 2.39. The number of rotatable bonds is 6. The van der Waals surface area contributed by atoms with Crippen LogP contribution in [0.5, 0.6) is 0 Å². The van der Waals surface area contributed by atoms with E-state index in [2.05, 4.69) is 33.0 Å². The largest absolute Gasteiger partial charge is 0.289 e. The summed E-state index contributed by atoms with van der Waals surface area (Å²) in [6.07, 6.45) is 8.20. The Morgan fingerprint density at radius 1 is 1.33 bits per heavy atom. The van der Waals surface area contributed by atoms with E-state index in [1.807, 2.05) is 18.3 Å². The van der Waals surface area contributed by atoms with Gasteiger partial charge >= 0.3 is 0 Å². The summed E-state index contributed by atoms with van der Waals surface area (Å²) < 4.78 is 1.05. The van der Waals surface area contributed by atoms with E-state index in [0.29, 0.717) is 12.3 Å². The molecule has 0 bridgehead atoms. The second-order valence-corrected chi connectivity index (χ2v) is 8.37. The lowest BCUT2D eigenvalue weighted by molar-refractivity contribution is -0.129. The third kappa shape index (κ3) is 4.43. The fraction of sp³-hybridized carbons (Fsp3) is 0.444. The molecule has 1 unspecified atom stereocenters. The molecule has 1 saturated carbocycles. The first-order chi connectivity index (χ1) is 11.7. The Bertz CT molecular complexity index is 681. The van der Waals surface area contributed by atoms with E-state index in [4.69, 9.17) is 5.21 Å². The van der Waals surface area contributed by atoms with Crippen LogP contribution in [0, 0.1) is 5.92 Å². The summed E-state index contributed by atoms with van der Waals surface area (Å²) in [5, 5.41) is 9.87. The predicted octanol–water partition coefficient (Wildman–Crippen LogP) is 5.13. The molecule has 2 aromatic rings. The van der Waals surface area contributed by atoms with E-state index in [-0.39, 0.29) is 11.8 Å². The molecule has 0 radical (unpaired) electrons. The Labute approximate surface area is 154 Å². The topological polar surface area (TPSA) is 62.2 Å². The van der Waals surface area contributed by atoms with Gasteiger partial charge in [-0.15, -0.1) is 11.3 Å². The number of amides is 1. The van der Waals surface area contributed by atoms with Crippen LogP contribution in [-0.2, 0) is 4.79 Å². The van der Waals surface area contributed by atoms with Gasteiger partial charge in [0.1, 0.15) is 0 Å². The van der Waals surface area contributed by atoms with Crippen molar-refractivity contribution in [2.75, 3.05) is 0 Å². The van der Waals surface area contributed by atoms with Crippen LogP contribution in [-0.4, -0.2) is 16.1 Å². The second kappa shape index (κ2) is 8.23. The molecule has 2 N–H and O–H groups in total. The number of nitrogens with one attached hydrogen (secondary N) is 1. The summed E-state index contributed by atoms with van der Waals surface area (Å²) in [5.74, 6) is 0.411. The Morgan fingerprint density at radius 2 is 2.04 bits per heavy atom. The molecule has 1 aliphatic rings. The van der Waals surface area contributed by atoms with Gasteiger partial charge in [0.15, 0.2) is 0 Å². The fourth-order valence-corrected chi connectivity index (χ4v) is 4.71. The van der Waals surface area contributed by atoms with Gasteiger partial charge in [-0.1, -0.05) is 53.7 Å². The van der Waals surface area contributed by atoms with Crippen molar-refractivity contribution in [3.63, 3.8) is 0 Å². The Morgan fingerprint density at radius 3 is 2.71 bits per heavy atom. The Kier molecular flexibility index (Phi) is 6.03. The molecular formula is C18H21BrN2O2S. The molecule has 1 amide bonds. The minimum absolute atomic E-state index is 0.0782. The van der Waals surface area contributed by atoms with Gasteiger partial charge in [-0.05, 0) is 30.0 Å². The first kappa shape index (κ1) is 17.6. The van der Waals surface area contributed by atoms with Crippen LogP contribution in [0.4, 0.5) is 0 Å². The quantitative estimate of drug-likeness (QED) is 0.514. The summed E-state index contributed by atoms with van der Waals surface area (Å²) >= 11 is 5.10. The Hall–Kier alpha value is -1.24. The van der Waals surface area contributed by atoms with Gasteiger partial charge in [0, 0.05) is 23.0 Å². The van der Waals surface area contributed by atoms with Crippen molar-refractivity contribution in [1.82, 2.24) is 10.5 Å². The highest BCUT2D eigenvalue weighted by Gasteiger charge is 2.25. The van der Waals surface area contributed by atoms with Crippen LogP contribution < -0.4 is 5.48 Å². The molecule has 6 heteroatoms. The lowest BCUT2D eigenvalue weighted by Crippen LogP contribution is -2.22. The van der Waals surface area contributed by atoms with Crippen molar-refractivity contribution < 1.29 is 10.0 Å². The third-order valence-corrected chi connectivity index (χ3v) is 6.39. The molecular weight excluding hydrogens is 388 g/mol. The normalized spacial score (nSPS) is 16.2. The molecule has 0 aliphatic heterocycles. The predicted molar refractivity (Wildman–Crippen MR) is 99.1 cm³/mol. The van der Waals surface area contributed by atoms with Crippen molar-refractivity contribution >= 4 is 33.2 Å². The summed E-state index contributed by atoms with van der Waals surface area (Å²) in [5.41, 5.74) is 2.90. The van der Waals surface area contributed by atoms with Crippen LogP contribution in [0.25, 0.3) is 10.4 Å². The monoisotopic (exact) mass is 408 g/mol. The van der Waals surface area contributed by atoms with Gasteiger partial charge in [-0.25, -0.2) is 10.5 Å². The zero-order valence-electron chi connectivity index (χ0n) is 13.4. The molecule has 1 fully saturated rings. The van der Waals surface area contributed by atoms with Crippen molar-refractivity contribution in [1.29, 1.82) is 0 Å². The highest BCUT2D eigenvalue weighted by molar-refractivity contribution is 9.10. The van der Waals surface area contributed by atoms with Gasteiger partial charge in [0.25, 0.3) is 0 Å². The van der Waals surface area contributed by atoms with Gasteiger partial charge in [-0.2, -0.15) is 0 Å². The zero-order chi connectivity index (χ0) is 16.9. The van der Waals surface area contributed by atoms with E-state index in [0.717, 1.165) is 26.3 Å². The number of carbonyl (C=O) groups excluding carboxylic acids is 1. The van der Waals surface area contributed by atoms with Crippen LogP contribution in [0.3, 0.4) is 0 Å². The molecule has 128 valence electrons. The number of halogens is 1. The molecule has 1 aromatic carbocycles. The lowest BCUT2D eigenvalue weighted by Gasteiger charge is -2.17. The van der Waals surface area contributed by atoms with Gasteiger partial charge in [-0.3, -0.25) is 10.0 Å². The standard InChI is InChI=1S/C18H21BrN2O2S/c19-15-7-5-13(6-8-15)16-11-20-18(24-16)14(10-17(22)21-23)9-12-3-1-2-4-12/h5-8,11-12,14,23H,1-4,9-10H2,(H,21,22). The fourth-order valence-electron chi connectivity index (χ4n) is 3.41. The summed E-state index contributed by atoms with van der Waals surface area (Å²) in [4.78, 5) is 17.4. The van der Waals surface area contributed by atoms with Gasteiger partial charge < -0.3 is 0 Å². The second-order valence-electron chi connectivity index (χ2n) is 6.39. The maximum atomic E-state index is 11.7. The summed E-state index contributed by atoms with van der Waals surface area (Å²) in [6, 6.07) is 8.16. The van der Waals surface area contributed by atoms with Crippen molar-refractivity contribution in [2.24, 2.45) is 5.92 Å².